The molecule has 0 N–H and O–H groups in total. The van der Waals surface area contributed by atoms with Gasteiger partial charge in [0.1, 0.15) is 14.0 Å². The smallest absolute Gasteiger partial charge is 0.109 e. The second kappa shape index (κ2) is 4.95. The molecule has 0 amide bonds. The highest BCUT2D eigenvalue weighted by Gasteiger charge is 2.40. The molecule has 8 heteroatoms. The summed E-state index contributed by atoms with van der Waals surface area (Å²) in [6, 6.07) is -0.651. The molecule has 0 saturated carbocycles. The molecule has 4 atom stereocenters. The fourth-order valence-electron chi connectivity index (χ4n) is 1.54. The van der Waals surface area contributed by atoms with E-state index in [1.165, 1.54) is 7.11 Å². The predicted molar refractivity (Wildman–Crippen MR) is 47.9 cm³/mol. The van der Waals surface area contributed by atoms with Crippen molar-refractivity contribution in [2.75, 3.05) is 13.7 Å². The Kier molecular flexibility index (Phi) is 4.34. The Bertz CT molecular complexity index is 256. The summed E-state index contributed by atoms with van der Waals surface area (Å²) in [5.41, 5.74) is 0. The van der Waals surface area contributed by atoms with E-state index in [9.17, 15) is 14.4 Å². The lowest BCUT2D eigenvalue weighted by Crippen LogP contribution is -2.35. The summed E-state index contributed by atoms with van der Waals surface area (Å²) in [4.78, 5) is 21.0. The fraction of sp³-hybridized carbons (Fsp3) is 1.00. The summed E-state index contributed by atoms with van der Waals surface area (Å²) in [5.74, 6) is -0.374. The van der Waals surface area contributed by atoms with E-state index in [0.717, 1.165) is 0 Å². The Morgan fingerprint density at radius 2 is 2.13 bits per heavy atom. The standard InChI is InChI=1S/C7H14BO6P/c1-4-6(14-15(9,10)11)5(3-12-2)13-7(4)8/h4-7H,3H2,1-2H3,(H2,9,10,11)/p-2/t4?,5-,6-,7-/m1/s1. The maximum Gasteiger partial charge on any atom is 0.109 e. The van der Waals surface area contributed by atoms with Gasteiger partial charge in [-0.3, -0.25) is 0 Å². The highest BCUT2D eigenvalue weighted by molar-refractivity contribution is 7.43. The monoisotopic (exact) mass is 234 g/mol. The van der Waals surface area contributed by atoms with Crippen molar-refractivity contribution in [2.45, 2.75) is 25.1 Å². The minimum atomic E-state index is -5.03. The number of ether oxygens (including phenoxy) is 2. The van der Waals surface area contributed by atoms with E-state index in [1.807, 2.05) is 0 Å². The first-order valence-corrected chi connectivity index (χ1v) is 5.91. The van der Waals surface area contributed by atoms with E-state index in [0.29, 0.717) is 0 Å². The van der Waals surface area contributed by atoms with Crippen LogP contribution in [-0.4, -0.2) is 39.8 Å². The van der Waals surface area contributed by atoms with Crippen LogP contribution in [0.3, 0.4) is 0 Å². The maximum absolute atomic E-state index is 10.5. The summed E-state index contributed by atoms with van der Waals surface area (Å²) in [7, 11) is 1.96. The van der Waals surface area contributed by atoms with Gasteiger partial charge in [0.2, 0.25) is 0 Å². The lowest BCUT2D eigenvalue weighted by Gasteiger charge is -2.35. The zero-order chi connectivity index (χ0) is 11.6. The molecule has 0 aromatic rings. The Labute approximate surface area is 89.6 Å². The van der Waals surface area contributed by atoms with Gasteiger partial charge >= 0.3 is 0 Å². The van der Waals surface area contributed by atoms with Gasteiger partial charge in [0, 0.05) is 19.0 Å². The Balaban J connectivity index is 2.68. The van der Waals surface area contributed by atoms with Crippen molar-refractivity contribution in [1.82, 2.24) is 0 Å². The van der Waals surface area contributed by atoms with Crippen molar-refractivity contribution in [1.29, 1.82) is 0 Å². The number of hydrogen-bond donors (Lipinski definition) is 0. The number of methoxy groups -OCH3 is 1. The Hall–Kier alpha value is 0.0949. The fourth-order valence-corrected chi connectivity index (χ4v) is 2.17. The molecule has 2 radical (unpaired) electrons. The second-order valence-electron chi connectivity index (χ2n) is 3.47. The Morgan fingerprint density at radius 3 is 2.60 bits per heavy atom. The summed E-state index contributed by atoms with van der Waals surface area (Å²) in [6.07, 6.45) is -1.50. The van der Waals surface area contributed by atoms with E-state index < -0.39 is 26.0 Å². The van der Waals surface area contributed by atoms with Crippen molar-refractivity contribution in [3.05, 3.63) is 0 Å². The van der Waals surface area contributed by atoms with Crippen LogP contribution in [0.1, 0.15) is 6.92 Å². The van der Waals surface area contributed by atoms with Crippen molar-refractivity contribution in [2.24, 2.45) is 5.92 Å². The van der Waals surface area contributed by atoms with Gasteiger partial charge < -0.3 is 28.3 Å². The van der Waals surface area contributed by atoms with Crippen LogP contribution in [0.15, 0.2) is 0 Å². The van der Waals surface area contributed by atoms with E-state index in [1.54, 1.807) is 6.92 Å². The van der Waals surface area contributed by atoms with E-state index in [4.69, 9.17) is 17.3 Å². The third-order valence-electron chi connectivity index (χ3n) is 2.32. The van der Waals surface area contributed by atoms with Crippen LogP contribution in [-0.2, 0) is 18.6 Å². The van der Waals surface area contributed by atoms with Gasteiger partial charge in [-0.15, -0.1) is 0 Å². The topological polar surface area (TPSA) is 90.9 Å². The minimum absolute atomic E-state index is 0.128. The van der Waals surface area contributed by atoms with Crippen LogP contribution in [0.5, 0.6) is 0 Å². The average Bonchev–Trinajstić information content (AvgIpc) is 2.32. The number of phosphoric ester groups is 1. The molecule has 1 fully saturated rings. The van der Waals surface area contributed by atoms with E-state index in [2.05, 4.69) is 4.52 Å². The molecule has 1 aliphatic rings. The van der Waals surface area contributed by atoms with Crippen molar-refractivity contribution >= 4 is 15.7 Å². The number of phosphoric acid groups is 1. The van der Waals surface area contributed by atoms with Crippen LogP contribution < -0.4 is 9.79 Å². The normalized spacial score (nSPS) is 37.1. The van der Waals surface area contributed by atoms with Crippen molar-refractivity contribution < 1.29 is 28.3 Å². The predicted octanol–water partition coefficient (Wildman–Crippen LogP) is -1.62. The molecule has 0 aliphatic carbocycles. The molecular weight excluding hydrogens is 222 g/mol. The molecule has 86 valence electrons. The van der Waals surface area contributed by atoms with Crippen molar-refractivity contribution in [3.8, 4) is 0 Å². The molecule has 1 aliphatic heterocycles. The first-order chi connectivity index (χ1) is 6.85. The summed E-state index contributed by atoms with van der Waals surface area (Å²) < 4.78 is 24.9. The highest BCUT2D eigenvalue weighted by atomic mass is 31.2. The van der Waals surface area contributed by atoms with Crippen molar-refractivity contribution in [3.63, 3.8) is 0 Å². The molecule has 0 aromatic heterocycles. The quantitative estimate of drug-likeness (QED) is 0.428. The molecule has 1 rings (SSSR count). The van der Waals surface area contributed by atoms with Gasteiger partial charge in [0.15, 0.2) is 0 Å². The third-order valence-corrected chi connectivity index (χ3v) is 2.82. The largest absolute Gasteiger partial charge is 0.790 e. The zero-order valence-electron chi connectivity index (χ0n) is 8.49. The second-order valence-corrected chi connectivity index (χ2v) is 4.58. The lowest BCUT2D eigenvalue weighted by atomic mass is 9.86. The molecule has 1 saturated heterocycles. The third kappa shape index (κ3) is 3.55. The molecule has 0 bridgehead atoms. The average molecular weight is 234 g/mol. The molecule has 6 nitrogen and oxygen atoms in total. The van der Waals surface area contributed by atoms with Gasteiger partial charge in [-0.25, -0.2) is 0 Å². The summed E-state index contributed by atoms with van der Waals surface area (Å²) in [5, 5.41) is 0. The van der Waals surface area contributed by atoms with Crippen LogP contribution in [0.2, 0.25) is 0 Å². The van der Waals surface area contributed by atoms with E-state index >= 15 is 0 Å². The zero-order valence-corrected chi connectivity index (χ0v) is 9.38. The molecule has 15 heavy (non-hydrogen) atoms. The molecule has 1 unspecified atom stereocenters. The first-order valence-electron chi connectivity index (χ1n) is 4.45. The van der Waals surface area contributed by atoms with Gasteiger partial charge in [-0.1, -0.05) is 6.92 Å². The Morgan fingerprint density at radius 1 is 1.53 bits per heavy atom. The van der Waals surface area contributed by atoms with Gasteiger partial charge in [0.05, 0.1) is 20.5 Å². The lowest BCUT2D eigenvalue weighted by molar-refractivity contribution is -0.346. The number of rotatable bonds is 4. The summed E-state index contributed by atoms with van der Waals surface area (Å²) in [6.45, 7) is 1.78. The van der Waals surface area contributed by atoms with E-state index in [-0.39, 0.29) is 12.5 Å². The van der Waals surface area contributed by atoms with Gasteiger partial charge in [-0.2, -0.15) is 0 Å². The number of hydrogen-bond acceptors (Lipinski definition) is 6. The minimum Gasteiger partial charge on any atom is -0.790 e. The maximum atomic E-state index is 10.5. The van der Waals surface area contributed by atoms with Crippen LogP contribution in [0.4, 0.5) is 0 Å². The van der Waals surface area contributed by atoms with Crippen LogP contribution in [0.25, 0.3) is 0 Å². The molecular formula is C7H12BO6P-2. The SMILES string of the molecule is [B][C@@H]1O[C@H](COC)[C@H](OP(=O)([O-])[O-])C1C. The summed E-state index contributed by atoms with van der Waals surface area (Å²) >= 11 is 0. The van der Waals surface area contributed by atoms with Gasteiger partial charge in [0.25, 0.3) is 0 Å². The molecule has 1 heterocycles. The first kappa shape index (κ1) is 13.2. The highest BCUT2D eigenvalue weighted by Crippen LogP contribution is 2.37. The molecule has 0 spiro atoms. The van der Waals surface area contributed by atoms with Gasteiger partial charge in [-0.05, 0) is 0 Å². The molecule has 0 aromatic carbocycles. The van der Waals surface area contributed by atoms with Crippen LogP contribution in [0, 0.1) is 5.92 Å². The van der Waals surface area contributed by atoms with Crippen LogP contribution >= 0.6 is 7.82 Å².